The molecule has 1 aliphatic rings. The Morgan fingerprint density at radius 2 is 1.89 bits per heavy atom. The van der Waals surface area contributed by atoms with E-state index >= 15 is 0 Å². The number of fused-ring (bicyclic) bond motifs is 1. The first kappa shape index (κ1) is 13.4. The van der Waals surface area contributed by atoms with E-state index in [0.29, 0.717) is 25.5 Å². The van der Waals surface area contributed by atoms with Gasteiger partial charge < -0.3 is 14.4 Å². The van der Waals surface area contributed by atoms with Crippen LogP contribution < -0.4 is 9.47 Å². The van der Waals surface area contributed by atoms with E-state index in [0.717, 1.165) is 11.3 Å². The van der Waals surface area contributed by atoms with E-state index in [1.807, 2.05) is 18.2 Å². The van der Waals surface area contributed by atoms with Gasteiger partial charge in [0.25, 0.3) is 0 Å². The van der Waals surface area contributed by atoms with Crippen LogP contribution >= 0.6 is 0 Å². The average Bonchev–Trinajstić information content (AvgIpc) is 2.37. The lowest BCUT2D eigenvalue weighted by Crippen LogP contribution is -2.27. The van der Waals surface area contributed by atoms with Gasteiger partial charge in [-0.1, -0.05) is 6.07 Å². The Bertz CT molecular complexity index is 498. The van der Waals surface area contributed by atoms with Gasteiger partial charge in [-0.25, -0.2) is 0 Å². The van der Waals surface area contributed by atoms with Crippen LogP contribution in [0.1, 0.15) is 18.9 Å². The van der Waals surface area contributed by atoms with Crippen LogP contribution in [0.2, 0.25) is 0 Å². The second kappa shape index (κ2) is 5.73. The fraction of sp³-hybridized carbons (Fsp3) is 0.429. The molecule has 0 atom stereocenters. The number of amides is 1. The molecule has 0 saturated heterocycles. The first-order valence-electron chi connectivity index (χ1n) is 6.18. The summed E-state index contributed by atoms with van der Waals surface area (Å²) in [7, 11) is 1.68. The summed E-state index contributed by atoms with van der Waals surface area (Å²) in [5, 5.41) is 0. The summed E-state index contributed by atoms with van der Waals surface area (Å²) < 4.78 is 10.9. The van der Waals surface area contributed by atoms with Crippen LogP contribution in [0.25, 0.3) is 0 Å². The van der Waals surface area contributed by atoms with Crippen molar-refractivity contribution in [3.8, 4) is 11.5 Å². The van der Waals surface area contributed by atoms with E-state index < -0.39 is 0 Å². The molecule has 19 heavy (non-hydrogen) atoms. The van der Waals surface area contributed by atoms with Crippen LogP contribution in [-0.4, -0.2) is 36.9 Å². The zero-order valence-corrected chi connectivity index (χ0v) is 11.1. The van der Waals surface area contributed by atoms with Crippen LogP contribution in [0.5, 0.6) is 11.5 Å². The number of nitrogens with zero attached hydrogens (tertiary/aromatic N) is 1. The Morgan fingerprint density at radius 1 is 1.21 bits per heavy atom. The Balaban J connectivity index is 2.02. The second-order valence-corrected chi connectivity index (χ2v) is 4.61. The number of carbonyl (C=O) groups is 2. The number of Topliss-reactive ketones (excluding diaryl/α,β-unsaturated/α-hetero) is 1. The second-order valence-electron chi connectivity index (χ2n) is 4.61. The van der Waals surface area contributed by atoms with E-state index in [9.17, 15) is 9.59 Å². The first-order chi connectivity index (χ1) is 9.06. The van der Waals surface area contributed by atoms with Gasteiger partial charge >= 0.3 is 0 Å². The van der Waals surface area contributed by atoms with E-state index in [2.05, 4.69) is 0 Å². The Hall–Kier alpha value is -2.04. The number of ketones is 1. The van der Waals surface area contributed by atoms with Gasteiger partial charge in [-0.15, -0.1) is 0 Å². The number of ether oxygens (including phenoxy) is 2. The van der Waals surface area contributed by atoms with E-state index in [-0.39, 0.29) is 18.1 Å². The van der Waals surface area contributed by atoms with Crippen LogP contribution in [0, 0.1) is 0 Å². The molecule has 0 radical (unpaired) electrons. The van der Waals surface area contributed by atoms with Crippen molar-refractivity contribution in [3.63, 3.8) is 0 Å². The van der Waals surface area contributed by atoms with Crippen LogP contribution in [0.15, 0.2) is 18.2 Å². The third kappa shape index (κ3) is 3.47. The lowest BCUT2D eigenvalue weighted by molar-refractivity contribution is -0.134. The maximum atomic E-state index is 11.7. The van der Waals surface area contributed by atoms with E-state index in [4.69, 9.17) is 9.47 Å². The zero-order valence-electron chi connectivity index (χ0n) is 11.1. The molecule has 0 bridgehead atoms. The van der Waals surface area contributed by atoms with Gasteiger partial charge in [0.05, 0.1) is 6.42 Å². The standard InChI is InChI=1S/C14H17NO4/c1-10(16)7-14(17)15(2)9-11-3-4-12-13(8-11)19-6-5-18-12/h3-4,8H,5-7,9H2,1-2H3. The summed E-state index contributed by atoms with van der Waals surface area (Å²) in [6.07, 6.45) is -0.0545. The van der Waals surface area contributed by atoms with Gasteiger partial charge in [0, 0.05) is 13.6 Å². The molecule has 1 amide bonds. The largest absolute Gasteiger partial charge is 0.486 e. The van der Waals surface area contributed by atoms with Crippen molar-refractivity contribution in [2.75, 3.05) is 20.3 Å². The minimum atomic E-state index is -0.178. The average molecular weight is 263 g/mol. The summed E-state index contributed by atoms with van der Waals surface area (Å²) in [4.78, 5) is 24.1. The summed E-state index contributed by atoms with van der Waals surface area (Å²) in [5.74, 6) is 1.13. The minimum Gasteiger partial charge on any atom is -0.486 e. The van der Waals surface area contributed by atoms with Crippen LogP contribution in [-0.2, 0) is 16.1 Å². The Labute approximate surface area is 112 Å². The SMILES string of the molecule is CC(=O)CC(=O)N(C)Cc1ccc2c(c1)OCCO2. The third-order valence-corrected chi connectivity index (χ3v) is 2.85. The fourth-order valence-corrected chi connectivity index (χ4v) is 1.90. The van der Waals surface area contributed by atoms with Crippen molar-refractivity contribution >= 4 is 11.7 Å². The smallest absolute Gasteiger partial charge is 0.230 e. The molecule has 0 fully saturated rings. The number of benzene rings is 1. The first-order valence-corrected chi connectivity index (χ1v) is 6.18. The molecular formula is C14H17NO4. The third-order valence-electron chi connectivity index (χ3n) is 2.85. The minimum absolute atomic E-state index is 0.0545. The van der Waals surface area contributed by atoms with Crippen molar-refractivity contribution < 1.29 is 19.1 Å². The molecule has 0 N–H and O–H groups in total. The topological polar surface area (TPSA) is 55.8 Å². The van der Waals surface area contributed by atoms with Gasteiger partial charge in [-0.3, -0.25) is 9.59 Å². The molecule has 0 unspecified atom stereocenters. The van der Waals surface area contributed by atoms with Gasteiger partial charge in [0.2, 0.25) is 5.91 Å². The molecule has 2 rings (SSSR count). The quantitative estimate of drug-likeness (QED) is 0.770. The highest BCUT2D eigenvalue weighted by Crippen LogP contribution is 2.31. The maximum absolute atomic E-state index is 11.7. The number of hydrogen-bond acceptors (Lipinski definition) is 4. The highest BCUT2D eigenvalue weighted by molar-refractivity contribution is 5.96. The lowest BCUT2D eigenvalue weighted by Gasteiger charge is -2.21. The van der Waals surface area contributed by atoms with E-state index in [1.54, 1.807) is 7.05 Å². The highest BCUT2D eigenvalue weighted by Gasteiger charge is 2.15. The van der Waals surface area contributed by atoms with Crippen molar-refractivity contribution in [3.05, 3.63) is 23.8 Å². The molecule has 0 aromatic heterocycles. The summed E-state index contributed by atoms with van der Waals surface area (Å²) >= 11 is 0. The molecule has 102 valence electrons. The van der Waals surface area contributed by atoms with E-state index in [1.165, 1.54) is 11.8 Å². The Kier molecular flexibility index (Phi) is 4.04. The van der Waals surface area contributed by atoms with Crippen LogP contribution in [0.4, 0.5) is 0 Å². The molecule has 0 aliphatic carbocycles. The molecular weight excluding hydrogens is 246 g/mol. The molecule has 1 aliphatic heterocycles. The zero-order chi connectivity index (χ0) is 13.8. The summed E-state index contributed by atoms with van der Waals surface area (Å²) in [6, 6.07) is 5.60. The highest BCUT2D eigenvalue weighted by atomic mass is 16.6. The predicted molar refractivity (Wildman–Crippen MR) is 69.2 cm³/mol. The van der Waals surface area contributed by atoms with Gasteiger partial charge in [-0.05, 0) is 24.6 Å². The Morgan fingerprint density at radius 3 is 2.58 bits per heavy atom. The van der Waals surface area contributed by atoms with Gasteiger partial charge in [-0.2, -0.15) is 0 Å². The van der Waals surface area contributed by atoms with Gasteiger partial charge in [0.1, 0.15) is 19.0 Å². The molecule has 0 spiro atoms. The number of carbonyl (C=O) groups excluding carboxylic acids is 2. The molecule has 0 saturated carbocycles. The molecule has 1 heterocycles. The lowest BCUT2D eigenvalue weighted by atomic mass is 10.1. The summed E-state index contributed by atoms with van der Waals surface area (Å²) in [6.45, 7) is 2.96. The predicted octanol–water partition coefficient (Wildman–Crippen LogP) is 1.40. The fourth-order valence-electron chi connectivity index (χ4n) is 1.90. The normalized spacial score (nSPS) is 12.9. The summed E-state index contributed by atoms with van der Waals surface area (Å²) in [5.41, 5.74) is 0.948. The number of rotatable bonds is 4. The van der Waals surface area contributed by atoms with Crippen LogP contribution in [0.3, 0.4) is 0 Å². The molecule has 1 aromatic carbocycles. The van der Waals surface area contributed by atoms with Crippen molar-refractivity contribution in [2.45, 2.75) is 19.9 Å². The van der Waals surface area contributed by atoms with Gasteiger partial charge in [0.15, 0.2) is 11.5 Å². The van der Waals surface area contributed by atoms with Crippen molar-refractivity contribution in [1.29, 1.82) is 0 Å². The maximum Gasteiger partial charge on any atom is 0.230 e. The molecule has 1 aromatic rings. The monoisotopic (exact) mass is 263 g/mol. The molecule has 5 nitrogen and oxygen atoms in total. The molecule has 5 heteroatoms. The number of hydrogen-bond donors (Lipinski definition) is 0. The van der Waals surface area contributed by atoms with Crippen molar-refractivity contribution in [1.82, 2.24) is 4.90 Å². The van der Waals surface area contributed by atoms with Crippen molar-refractivity contribution in [2.24, 2.45) is 0 Å².